The number of nitrogens with zero attached hydrogens (tertiary/aromatic N) is 2. The summed E-state index contributed by atoms with van der Waals surface area (Å²) < 4.78 is 5.19. The SMILES string of the molecule is CC1(C)c2ccc(-c3cccc4sc5c(-c6ccc(N(c7ccc8c(c7)-c7ccccc7C87c8ccccc8-c8ccccc87)c7ccc8c(c7)C(C)(c7ccccc7)c7ccccc7-8)cc6)cccc5c34)cc2-c2ccc(N(c3ccc(-c4cccc5c4sc4ccccc45)cc3)c3ccc4c(c3)-c3ccccc3C43c4ccccc4-c4ccccc43)cc21. The van der Waals surface area contributed by atoms with Crippen LogP contribution in [0.4, 0.5) is 34.1 Å². The number of anilines is 6. The van der Waals surface area contributed by atoms with E-state index in [4.69, 9.17) is 0 Å². The van der Waals surface area contributed by atoms with Gasteiger partial charge in [-0.1, -0.05) is 341 Å². The molecular weight excluding hydrogens is 1550 g/mol. The van der Waals surface area contributed by atoms with Crippen molar-refractivity contribution in [3.63, 3.8) is 0 Å². The van der Waals surface area contributed by atoms with Crippen LogP contribution in [0.15, 0.2) is 419 Å². The summed E-state index contributed by atoms with van der Waals surface area (Å²) in [4.78, 5) is 5.04. The summed E-state index contributed by atoms with van der Waals surface area (Å²) in [6.07, 6.45) is 0. The summed E-state index contributed by atoms with van der Waals surface area (Å²) in [6.45, 7) is 7.29. The van der Waals surface area contributed by atoms with E-state index in [2.05, 4.69) is 449 Å². The Kier molecular flexibility index (Phi) is 14.8. The minimum absolute atomic E-state index is 0.308. The molecule has 27 rings (SSSR count). The van der Waals surface area contributed by atoms with Crippen molar-refractivity contribution in [1.82, 2.24) is 0 Å². The van der Waals surface area contributed by atoms with Crippen LogP contribution in [0.3, 0.4) is 0 Å². The van der Waals surface area contributed by atoms with Crippen LogP contribution in [-0.2, 0) is 21.7 Å². The van der Waals surface area contributed by atoms with Gasteiger partial charge in [-0.2, -0.15) is 0 Å². The molecule has 0 N–H and O–H groups in total. The fraction of sp³-hybridized carbons (Fsp3) is 0.0579. The van der Waals surface area contributed by atoms with E-state index in [1.54, 1.807) is 0 Å². The maximum absolute atomic E-state index is 2.52. The van der Waals surface area contributed by atoms with E-state index in [1.165, 1.54) is 213 Å². The number of hydrogen-bond donors (Lipinski definition) is 0. The molecule has 584 valence electrons. The molecule has 0 fully saturated rings. The Balaban J connectivity index is 0.565. The van der Waals surface area contributed by atoms with E-state index in [9.17, 15) is 0 Å². The van der Waals surface area contributed by atoms with Crippen LogP contribution in [0.25, 0.3) is 140 Å². The molecular formula is C121H78N2S2. The smallest absolute Gasteiger partial charge is 0.0725 e. The van der Waals surface area contributed by atoms with Gasteiger partial charge in [-0.25, -0.2) is 0 Å². The highest BCUT2D eigenvalue weighted by atomic mass is 32.1. The lowest BCUT2D eigenvalue weighted by atomic mass is 9.70. The molecule has 2 spiro atoms. The van der Waals surface area contributed by atoms with E-state index in [0.29, 0.717) is 0 Å². The Labute approximate surface area is 734 Å². The largest absolute Gasteiger partial charge is 0.310 e. The predicted octanol–water partition coefficient (Wildman–Crippen LogP) is 32.7. The number of benzene rings is 19. The Morgan fingerprint density at radius 2 is 0.520 bits per heavy atom. The molecule has 0 amide bonds. The molecule has 6 aliphatic rings. The van der Waals surface area contributed by atoms with E-state index >= 15 is 0 Å². The summed E-state index contributed by atoms with van der Waals surface area (Å²) >= 11 is 3.80. The zero-order valence-electron chi connectivity index (χ0n) is 69.0. The first-order valence-corrected chi connectivity index (χ1v) is 45.4. The van der Waals surface area contributed by atoms with Crippen molar-refractivity contribution in [2.75, 3.05) is 9.80 Å². The first kappa shape index (κ1) is 70.9. The second-order valence-corrected chi connectivity index (χ2v) is 37.7. The van der Waals surface area contributed by atoms with Gasteiger partial charge in [0.2, 0.25) is 0 Å². The molecule has 6 aliphatic carbocycles. The van der Waals surface area contributed by atoms with Crippen molar-refractivity contribution >= 4 is 97.1 Å². The Morgan fingerprint density at radius 3 is 1.05 bits per heavy atom. The van der Waals surface area contributed by atoms with Crippen molar-refractivity contribution in [2.45, 2.75) is 42.4 Å². The zero-order valence-corrected chi connectivity index (χ0v) is 70.7. The van der Waals surface area contributed by atoms with Crippen molar-refractivity contribution in [1.29, 1.82) is 0 Å². The number of rotatable bonds is 10. The number of hydrogen-bond acceptors (Lipinski definition) is 4. The number of fused-ring (bicyclic) bond motifs is 32. The van der Waals surface area contributed by atoms with Crippen LogP contribution in [0.1, 0.15) is 93.1 Å². The highest BCUT2D eigenvalue weighted by Crippen LogP contribution is 2.67. The van der Waals surface area contributed by atoms with Crippen LogP contribution >= 0.6 is 22.7 Å². The van der Waals surface area contributed by atoms with E-state index < -0.39 is 10.8 Å². The van der Waals surface area contributed by atoms with Gasteiger partial charge in [-0.05, 0) is 270 Å². The van der Waals surface area contributed by atoms with E-state index in [0.717, 1.165) is 34.1 Å². The van der Waals surface area contributed by atoms with Crippen LogP contribution < -0.4 is 9.80 Å². The lowest BCUT2D eigenvalue weighted by molar-refractivity contribution is 0.660. The van der Waals surface area contributed by atoms with Gasteiger partial charge in [-0.15, -0.1) is 22.7 Å². The van der Waals surface area contributed by atoms with E-state index in [1.807, 2.05) is 22.7 Å². The minimum Gasteiger partial charge on any atom is -0.310 e. The molecule has 0 saturated heterocycles. The van der Waals surface area contributed by atoms with Gasteiger partial charge in [0.05, 0.1) is 10.8 Å². The second-order valence-electron chi connectivity index (χ2n) is 35.6. The Bertz CT molecular complexity index is 8150. The highest BCUT2D eigenvalue weighted by Gasteiger charge is 2.54. The Hall–Kier alpha value is -14.8. The molecule has 0 saturated carbocycles. The van der Waals surface area contributed by atoms with Crippen LogP contribution in [0.2, 0.25) is 0 Å². The third kappa shape index (κ3) is 9.57. The zero-order chi connectivity index (χ0) is 82.3. The van der Waals surface area contributed by atoms with Crippen molar-refractivity contribution in [3.8, 4) is 100 Å². The van der Waals surface area contributed by atoms with E-state index in [-0.39, 0.29) is 10.8 Å². The molecule has 0 aliphatic heterocycles. The molecule has 4 heteroatoms. The molecule has 1 atom stereocenters. The summed E-state index contributed by atoms with van der Waals surface area (Å²) in [6, 6.07) is 160. The first-order chi connectivity index (χ1) is 61.6. The summed E-state index contributed by atoms with van der Waals surface area (Å²) in [5.41, 5.74) is 45.2. The Morgan fingerprint density at radius 1 is 0.192 bits per heavy atom. The predicted molar refractivity (Wildman–Crippen MR) is 525 cm³/mol. The van der Waals surface area contributed by atoms with Crippen LogP contribution in [0, 0.1) is 0 Å². The molecule has 125 heavy (non-hydrogen) atoms. The molecule has 2 aromatic heterocycles. The quantitative estimate of drug-likeness (QED) is 0.135. The lowest BCUT2D eigenvalue weighted by Crippen LogP contribution is -2.25. The average molecular weight is 1620 g/mol. The topological polar surface area (TPSA) is 6.48 Å². The van der Waals surface area contributed by atoms with Gasteiger partial charge in [0.25, 0.3) is 0 Å². The molecule has 2 heterocycles. The van der Waals surface area contributed by atoms with Gasteiger partial charge in [-0.3, -0.25) is 0 Å². The summed E-state index contributed by atoms with van der Waals surface area (Å²) in [5, 5.41) is 5.18. The standard InChI is InChI=1S/C121H78N2S2/c1-118(2)101-65-54-75(68-98(101)94-64-60-81(71-111(94)118)122(77-55-50-73(51-56-77)84-37-23-39-96-95-35-14-22-48-113(95)124-116(84)96)79-61-66-109-99(69-79)91-33-12-20-46-107(91)120(109)103-42-16-8-29-87(103)88-30-9-17-43-104(88)120)83-36-25-49-114-115(83)97-40-24-38-85(117(97)125-114)74-52-57-78(58-53-74)123(82-59-63-93-86-28-7-15-41-102(86)119(3,112(93)72-82)76-26-5-4-6-27-76)80-62-67-110-100(70-80)92-34-13-21-47-108(92)121(110)105-44-18-10-31-89(105)90-32-11-19-45-106(90)121/h4-72H,1-3H3. The van der Waals surface area contributed by atoms with Crippen LogP contribution in [0.5, 0.6) is 0 Å². The fourth-order valence-corrected chi connectivity index (χ4v) is 26.5. The highest BCUT2D eigenvalue weighted by molar-refractivity contribution is 7.26. The van der Waals surface area contributed by atoms with Gasteiger partial charge < -0.3 is 9.80 Å². The first-order valence-electron chi connectivity index (χ1n) is 43.8. The average Bonchev–Trinajstić information content (AvgIpc) is 1.51. The van der Waals surface area contributed by atoms with Crippen molar-refractivity contribution in [2.24, 2.45) is 0 Å². The maximum atomic E-state index is 2.52. The molecule has 0 radical (unpaired) electrons. The summed E-state index contributed by atoms with van der Waals surface area (Å²) in [7, 11) is 0. The van der Waals surface area contributed by atoms with Gasteiger partial charge >= 0.3 is 0 Å². The van der Waals surface area contributed by atoms with Gasteiger partial charge in [0.15, 0.2) is 0 Å². The lowest BCUT2D eigenvalue weighted by Gasteiger charge is -2.32. The van der Waals surface area contributed by atoms with Crippen molar-refractivity contribution in [3.05, 3.63) is 491 Å². The van der Waals surface area contributed by atoms with Gasteiger partial charge in [0, 0.05) is 85.3 Å². The molecule has 21 aromatic rings. The van der Waals surface area contributed by atoms with Crippen molar-refractivity contribution < 1.29 is 0 Å². The molecule has 19 aromatic carbocycles. The number of thiophene rings is 2. The normalized spacial score (nSPS) is 15.2. The molecule has 2 nitrogen and oxygen atoms in total. The molecule has 0 bridgehead atoms. The summed E-state index contributed by atoms with van der Waals surface area (Å²) in [5.74, 6) is 0. The minimum atomic E-state index is -0.450. The second kappa shape index (κ2) is 26.1. The van der Waals surface area contributed by atoms with Gasteiger partial charge in [0.1, 0.15) is 0 Å². The fourth-order valence-electron chi connectivity index (χ4n) is 24.0. The third-order valence-corrected chi connectivity index (χ3v) is 31.8. The third-order valence-electron chi connectivity index (χ3n) is 29.4. The monoisotopic (exact) mass is 1620 g/mol. The molecule has 1 unspecified atom stereocenters. The maximum Gasteiger partial charge on any atom is 0.0725 e. The van der Waals surface area contributed by atoms with Crippen LogP contribution in [-0.4, -0.2) is 0 Å².